The quantitative estimate of drug-likeness (QED) is 0.806. The predicted molar refractivity (Wildman–Crippen MR) is 94.9 cm³/mol. The maximum atomic E-state index is 12.6. The summed E-state index contributed by atoms with van der Waals surface area (Å²) < 4.78 is 5.28. The summed E-state index contributed by atoms with van der Waals surface area (Å²) in [5.74, 6) is 0.00615. The van der Waals surface area contributed by atoms with Gasteiger partial charge in [0.25, 0.3) is 0 Å². The first-order valence-electron chi connectivity index (χ1n) is 7.98. The van der Waals surface area contributed by atoms with Crippen LogP contribution in [0.1, 0.15) is 13.8 Å². The van der Waals surface area contributed by atoms with Crippen molar-refractivity contribution in [1.29, 1.82) is 0 Å². The van der Waals surface area contributed by atoms with Gasteiger partial charge in [-0.05, 0) is 18.2 Å². The average Bonchev–Trinajstić information content (AvgIpc) is 2.59. The Bertz CT molecular complexity index is 672. The smallest absolute Gasteiger partial charge is 0.242 e. The highest BCUT2D eigenvalue weighted by atomic mass is 35.5. The molecule has 1 fully saturated rings. The number of carbonyl (C=O) groups excluding carboxylic acids is 3. The van der Waals surface area contributed by atoms with Crippen molar-refractivity contribution in [2.45, 2.75) is 13.8 Å². The Hall–Kier alpha value is -2.28. The highest BCUT2D eigenvalue weighted by Gasteiger charge is 2.26. The summed E-state index contributed by atoms with van der Waals surface area (Å²) in [5, 5.41) is 0.449. The van der Waals surface area contributed by atoms with Gasteiger partial charge in [-0.15, -0.1) is 0 Å². The van der Waals surface area contributed by atoms with Crippen molar-refractivity contribution in [2.24, 2.45) is 0 Å². The number of hydrogen-bond donors (Lipinski definition) is 0. The van der Waals surface area contributed by atoms with E-state index in [2.05, 4.69) is 0 Å². The van der Waals surface area contributed by atoms with Gasteiger partial charge in [-0.1, -0.05) is 11.6 Å². The van der Waals surface area contributed by atoms with Crippen molar-refractivity contribution in [3.8, 4) is 5.75 Å². The molecule has 0 radical (unpaired) electrons. The van der Waals surface area contributed by atoms with Gasteiger partial charge in [0.05, 0.1) is 12.8 Å². The van der Waals surface area contributed by atoms with Gasteiger partial charge in [-0.2, -0.15) is 0 Å². The van der Waals surface area contributed by atoms with Crippen molar-refractivity contribution >= 4 is 35.0 Å². The van der Waals surface area contributed by atoms with E-state index in [1.807, 2.05) is 0 Å². The minimum atomic E-state index is -0.281. The van der Waals surface area contributed by atoms with E-state index in [-0.39, 0.29) is 24.3 Å². The summed E-state index contributed by atoms with van der Waals surface area (Å²) in [5.41, 5.74) is 0.457. The van der Waals surface area contributed by atoms with Crippen molar-refractivity contribution in [1.82, 2.24) is 9.80 Å². The SMILES string of the molecule is COc1ccc(Cl)cc1N(CC(=O)N1CCN(C(C)=O)CC1)C(C)=O. The number of ether oxygens (including phenoxy) is 1. The van der Waals surface area contributed by atoms with Crippen LogP contribution in [0.25, 0.3) is 0 Å². The minimum absolute atomic E-state index is 0.00104. The highest BCUT2D eigenvalue weighted by molar-refractivity contribution is 6.31. The van der Waals surface area contributed by atoms with Crippen LogP contribution in [-0.2, 0) is 14.4 Å². The van der Waals surface area contributed by atoms with E-state index in [1.54, 1.807) is 28.0 Å². The molecule has 0 aliphatic carbocycles. The molecule has 1 aliphatic rings. The second-order valence-corrected chi connectivity index (χ2v) is 6.24. The lowest BCUT2D eigenvalue weighted by molar-refractivity contribution is -0.137. The number of piperazine rings is 1. The molecule has 0 spiro atoms. The molecule has 7 nitrogen and oxygen atoms in total. The summed E-state index contributed by atoms with van der Waals surface area (Å²) in [4.78, 5) is 40.8. The number of amides is 3. The van der Waals surface area contributed by atoms with Crippen molar-refractivity contribution in [3.05, 3.63) is 23.2 Å². The zero-order valence-electron chi connectivity index (χ0n) is 14.6. The lowest BCUT2D eigenvalue weighted by Gasteiger charge is -2.35. The first-order chi connectivity index (χ1) is 11.8. The molecular weight excluding hydrogens is 346 g/mol. The second-order valence-electron chi connectivity index (χ2n) is 5.81. The molecular formula is C17H22ClN3O4. The molecule has 0 N–H and O–H groups in total. The standard InChI is InChI=1S/C17H22ClN3O4/c1-12(22)19-6-8-20(9-7-19)17(24)11-21(13(2)23)15-10-14(18)4-5-16(15)25-3/h4-5,10H,6-9,11H2,1-3H3. The van der Waals surface area contributed by atoms with Crippen LogP contribution in [0.15, 0.2) is 18.2 Å². The van der Waals surface area contributed by atoms with Crippen LogP contribution in [0.3, 0.4) is 0 Å². The lowest BCUT2D eigenvalue weighted by atomic mass is 10.2. The maximum absolute atomic E-state index is 12.6. The minimum Gasteiger partial charge on any atom is -0.495 e. The van der Waals surface area contributed by atoms with Crippen molar-refractivity contribution in [2.75, 3.05) is 44.7 Å². The normalized spacial score (nSPS) is 14.2. The van der Waals surface area contributed by atoms with Crippen LogP contribution in [-0.4, -0.2) is 67.4 Å². The fraction of sp³-hybridized carbons (Fsp3) is 0.471. The molecule has 1 aromatic rings. The first kappa shape index (κ1) is 19.1. The monoisotopic (exact) mass is 367 g/mol. The van der Waals surface area contributed by atoms with Crippen molar-refractivity contribution in [3.63, 3.8) is 0 Å². The second kappa shape index (κ2) is 8.20. The summed E-state index contributed by atoms with van der Waals surface area (Å²) in [7, 11) is 1.49. The highest BCUT2D eigenvalue weighted by Crippen LogP contribution is 2.31. The van der Waals surface area contributed by atoms with Crippen LogP contribution in [0, 0.1) is 0 Å². The third kappa shape index (κ3) is 4.63. The number of carbonyl (C=O) groups is 3. The molecule has 0 atom stereocenters. The number of nitrogens with zero attached hydrogens (tertiary/aromatic N) is 3. The van der Waals surface area contributed by atoms with E-state index in [1.165, 1.54) is 25.9 Å². The topological polar surface area (TPSA) is 70.2 Å². The molecule has 1 aromatic carbocycles. The van der Waals surface area contributed by atoms with Crippen LogP contribution < -0.4 is 9.64 Å². The first-order valence-corrected chi connectivity index (χ1v) is 8.36. The van der Waals surface area contributed by atoms with Gasteiger partial charge in [-0.3, -0.25) is 19.3 Å². The third-order valence-electron chi connectivity index (χ3n) is 4.18. The molecule has 25 heavy (non-hydrogen) atoms. The summed E-state index contributed by atoms with van der Waals surface area (Å²) >= 11 is 6.03. The molecule has 0 bridgehead atoms. The Kier molecular flexibility index (Phi) is 6.25. The van der Waals surface area contributed by atoms with Crippen molar-refractivity contribution < 1.29 is 19.1 Å². The van der Waals surface area contributed by atoms with Crippen LogP contribution >= 0.6 is 11.6 Å². The largest absolute Gasteiger partial charge is 0.495 e. The number of anilines is 1. The summed E-state index contributed by atoms with van der Waals surface area (Å²) in [6.45, 7) is 4.71. The fourth-order valence-corrected chi connectivity index (χ4v) is 2.91. The number of hydrogen-bond acceptors (Lipinski definition) is 4. The maximum Gasteiger partial charge on any atom is 0.242 e. The number of halogens is 1. The molecule has 8 heteroatoms. The van der Waals surface area contributed by atoms with E-state index in [0.717, 1.165) is 0 Å². The summed E-state index contributed by atoms with van der Waals surface area (Å²) in [6, 6.07) is 4.91. The summed E-state index contributed by atoms with van der Waals surface area (Å²) in [6.07, 6.45) is 0. The Morgan fingerprint density at radius 2 is 1.72 bits per heavy atom. The van der Waals surface area contributed by atoms with Gasteiger partial charge < -0.3 is 14.5 Å². The van der Waals surface area contributed by atoms with Crippen LogP contribution in [0.2, 0.25) is 5.02 Å². The fourth-order valence-electron chi connectivity index (χ4n) is 2.75. The van der Waals surface area contributed by atoms with Crippen LogP contribution in [0.5, 0.6) is 5.75 Å². The molecule has 1 heterocycles. The Morgan fingerprint density at radius 1 is 1.12 bits per heavy atom. The number of benzene rings is 1. The Balaban J connectivity index is 2.12. The van der Waals surface area contributed by atoms with E-state index in [9.17, 15) is 14.4 Å². The molecule has 2 rings (SSSR count). The molecule has 0 saturated carbocycles. The Labute approximate surface area is 152 Å². The third-order valence-corrected chi connectivity index (χ3v) is 4.42. The Morgan fingerprint density at radius 3 is 2.24 bits per heavy atom. The van der Waals surface area contributed by atoms with Gasteiger partial charge in [0.1, 0.15) is 12.3 Å². The van der Waals surface area contributed by atoms with Gasteiger partial charge in [0.2, 0.25) is 17.7 Å². The lowest BCUT2D eigenvalue weighted by Crippen LogP contribution is -2.52. The molecule has 136 valence electrons. The molecule has 0 aromatic heterocycles. The molecule has 3 amide bonds. The zero-order chi connectivity index (χ0) is 18.6. The van der Waals surface area contributed by atoms with E-state index in [4.69, 9.17) is 16.3 Å². The van der Waals surface area contributed by atoms with E-state index in [0.29, 0.717) is 42.6 Å². The zero-order valence-corrected chi connectivity index (χ0v) is 15.4. The van der Waals surface area contributed by atoms with Gasteiger partial charge >= 0.3 is 0 Å². The number of methoxy groups -OCH3 is 1. The number of rotatable bonds is 4. The predicted octanol–water partition coefficient (Wildman–Crippen LogP) is 1.39. The van der Waals surface area contributed by atoms with Crippen LogP contribution in [0.4, 0.5) is 5.69 Å². The van der Waals surface area contributed by atoms with Gasteiger partial charge in [-0.25, -0.2) is 0 Å². The van der Waals surface area contributed by atoms with Gasteiger partial charge in [0.15, 0.2) is 0 Å². The molecule has 0 unspecified atom stereocenters. The molecule has 1 saturated heterocycles. The van der Waals surface area contributed by atoms with E-state index < -0.39 is 0 Å². The van der Waals surface area contributed by atoms with E-state index >= 15 is 0 Å². The van der Waals surface area contributed by atoms with Gasteiger partial charge in [0, 0.05) is 45.0 Å². The average molecular weight is 368 g/mol. The molecule has 1 aliphatic heterocycles.